The van der Waals surface area contributed by atoms with E-state index < -0.39 is 0 Å². The summed E-state index contributed by atoms with van der Waals surface area (Å²) in [5.74, 6) is 3.28. The van der Waals surface area contributed by atoms with Crippen molar-refractivity contribution in [3.05, 3.63) is 113 Å². The van der Waals surface area contributed by atoms with Gasteiger partial charge in [-0.1, -0.05) is 87.0 Å². The van der Waals surface area contributed by atoms with Gasteiger partial charge in [0.1, 0.15) is 0 Å². The van der Waals surface area contributed by atoms with Crippen LogP contribution >= 0.6 is 11.6 Å². The predicted octanol–water partition coefficient (Wildman–Crippen LogP) is 10.8. The van der Waals surface area contributed by atoms with Crippen LogP contribution in [-0.4, -0.2) is 0 Å². The van der Waals surface area contributed by atoms with Crippen LogP contribution in [0.5, 0.6) is 0 Å². The summed E-state index contributed by atoms with van der Waals surface area (Å²) >= 11 is 7.38. The molecule has 0 heterocycles. The maximum atomic E-state index is 7.38. The second-order valence-electron chi connectivity index (χ2n) is 14.0. The van der Waals surface area contributed by atoms with Crippen LogP contribution < -0.4 is 4.90 Å². The second kappa shape index (κ2) is 8.73. The fourth-order valence-electron chi connectivity index (χ4n) is 9.47. The van der Waals surface area contributed by atoms with Crippen LogP contribution in [0.15, 0.2) is 91.0 Å². The normalized spacial score (nSPS) is 27.6. The number of fused-ring (bicyclic) bond motifs is 3. The summed E-state index contributed by atoms with van der Waals surface area (Å²) in [6.45, 7) is 6.83. The fourth-order valence-corrected chi connectivity index (χ4v) is 9.79. The van der Waals surface area contributed by atoms with Gasteiger partial charge in [-0.25, -0.2) is 0 Å². The molecule has 0 aromatic heterocycles. The predicted molar refractivity (Wildman–Crippen MR) is 168 cm³/mol. The minimum Gasteiger partial charge on any atom is -0.310 e. The molecule has 0 aliphatic heterocycles. The largest absolute Gasteiger partial charge is 0.310 e. The van der Waals surface area contributed by atoms with Crippen LogP contribution in [0.3, 0.4) is 0 Å². The molecule has 0 unspecified atom stereocenters. The number of hydrogen-bond acceptors (Lipinski definition) is 1. The van der Waals surface area contributed by atoms with Crippen LogP contribution in [-0.2, 0) is 10.8 Å². The van der Waals surface area contributed by atoms with Crippen LogP contribution in [0.1, 0.15) is 69.6 Å². The topological polar surface area (TPSA) is 3.24 Å². The molecule has 4 bridgehead atoms. The molecule has 4 aromatic rings. The summed E-state index contributed by atoms with van der Waals surface area (Å²) in [7, 11) is 0. The Morgan fingerprint density at radius 3 is 1.90 bits per heavy atom. The van der Waals surface area contributed by atoms with Crippen LogP contribution in [0.25, 0.3) is 11.1 Å². The Kier molecular flexibility index (Phi) is 5.40. The monoisotopic (exact) mass is 543 g/mol. The minimum atomic E-state index is 0.0947. The van der Waals surface area contributed by atoms with Crippen molar-refractivity contribution in [2.24, 2.45) is 23.7 Å². The number of anilines is 3. The molecule has 202 valence electrons. The number of halogens is 1. The van der Waals surface area contributed by atoms with Gasteiger partial charge in [0, 0.05) is 28.0 Å². The molecule has 1 spiro atoms. The molecular weight excluding hydrogens is 506 g/mol. The van der Waals surface area contributed by atoms with Gasteiger partial charge in [0.2, 0.25) is 0 Å². The molecule has 0 N–H and O–H groups in total. The Labute approximate surface area is 244 Å². The minimum absolute atomic E-state index is 0.0947. The third-order valence-electron chi connectivity index (χ3n) is 10.9. The van der Waals surface area contributed by atoms with Crippen LogP contribution in [0.2, 0.25) is 5.02 Å². The highest BCUT2D eigenvalue weighted by molar-refractivity contribution is 6.34. The Bertz CT molecular complexity index is 1570. The van der Waals surface area contributed by atoms with Crippen molar-refractivity contribution >= 4 is 28.7 Å². The van der Waals surface area contributed by atoms with Crippen LogP contribution in [0, 0.1) is 23.7 Å². The number of benzene rings is 4. The van der Waals surface area contributed by atoms with E-state index in [1.165, 1.54) is 65.7 Å². The molecule has 4 aromatic carbocycles. The summed E-state index contributed by atoms with van der Waals surface area (Å²) in [6, 6.07) is 33.9. The Balaban J connectivity index is 1.34. The highest BCUT2D eigenvalue weighted by Gasteiger charge is 2.61. The van der Waals surface area contributed by atoms with Crippen molar-refractivity contribution < 1.29 is 0 Å². The van der Waals surface area contributed by atoms with Gasteiger partial charge in [-0.05, 0) is 120 Å². The van der Waals surface area contributed by atoms with Crippen molar-refractivity contribution in [2.75, 3.05) is 4.90 Å². The van der Waals surface area contributed by atoms with Gasteiger partial charge >= 0.3 is 0 Å². The molecule has 4 fully saturated rings. The number of nitrogens with zero attached hydrogens (tertiary/aromatic N) is 1. The summed E-state index contributed by atoms with van der Waals surface area (Å²) in [6.07, 6.45) is 6.96. The quantitative estimate of drug-likeness (QED) is 0.248. The average Bonchev–Trinajstić information content (AvgIpc) is 3.23. The third kappa shape index (κ3) is 3.46. The first-order valence-electron chi connectivity index (χ1n) is 15.2. The number of hydrogen-bond donors (Lipinski definition) is 0. The first kappa shape index (κ1) is 24.7. The van der Waals surface area contributed by atoms with Crippen molar-refractivity contribution in [3.8, 4) is 11.1 Å². The molecule has 9 rings (SSSR count). The Morgan fingerprint density at radius 2 is 1.25 bits per heavy atom. The molecule has 0 atom stereocenters. The van der Waals surface area contributed by atoms with Crippen molar-refractivity contribution in [2.45, 2.75) is 63.7 Å². The summed E-state index contributed by atoms with van der Waals surface area (Å²) < 4.78 is 0. The third-order valence-corrected chi connectivity index (χ3v) is 11.2. The molecule has 0 amide bonds. The zero-order valence-corrected chi connectivity index (χ0v) is 24.6. The first-order chi connectivity index (χ1) is 19.3. The lowest BCUT2D eigenvalue weighted by atomic mass is 9.43. The van der Waals surface area contributed by atoms with Gasteiger partial charge in [-0.15, -0.1) is 0 Å². The van der Waals surface area contributed by atoms with Crippen molar-refractivity contribution in [3.63, 3.8) is 0 Å². The fraction of sp³-hybridized carbons (Fsp3) is 0.368. The summed E-state index contributed by atoms with van der Waals surface area (Å²) in [5, 5.41) is 0.887. The van der Waals surface area contributed by atoms with E-state index in [-0.39, 0.29) is 10.8 Å². The van der Waals surface area contributed by atoms with Gasteiger partial charge in [-0.3, -0.25) is 0 Å². The van der Waals surface area contributed by atoms with Gasteiger partial charge in [0.25, 0.3) is 0 Å². The van der Waals surface area contributed by atoms with E-state index in [2.05, 4.69) is 117 Å². The molecule has 0 saturated heterocycles. The standard InChI is InChI=1S/C38H38ClN/c1-37(2,3)26-13-15-30(16-14-26)40(29-9-5-4-6-10-29)31-22-34-36(35(39)23-31)32-11-7-8-12-33(32)38(34)27-18-24-17-25(20-27)21-28(38)19-24/h4-16,22-25,27-28H,17-21H2,1-3H3. The Morgan fingerprint density at radius 1 is 0.650 bits per heavy atom. The number of para-hydroxylation sites is 1. The molecule has 2 heteroatoms. The molecule has 5 aliphatic carbocycles. The van der Waals surface area contributed by atoms with E-state index in [0.29, 0.717) is 11.8 Å². The van der Waals surface area contributed by atoms with Gasteiger partial charge in [-0.2, -0.15) is 0 Å². The maximum Gasteiger partial charge on any atom is 0.0508 e. The lowest BCUT2D eigenvalue weighted by molar-refractivity contribution is -0.0399. The Hall–Kier alpha value is -3.03. The zero-order valence-electron chi connectivity index (χ0n) is 23.8. The molecule has 40 heavy (non-hydrogen) atoms. The SMILES string of the molecule is CC(C)(C)c1ccc(N(c2ccccc2)c2cc(Cl)c3c(c2)C2(c4ccccc4-3)C3CC4CC(C3)CC2C4)cc1. The zero-order chi connectivity index (χ0) is 27.2. The van der Waals surface area contributed by atoms with Gasteiger partial charge in [0.15, 0.2) is 0 Å². The van der Waals surface area contributed by atoms with E-state index in [0.717, 1.165) is 22.5 Å². The smallest absolute Gasteiger partial charge is 0.0508 e. The molecular formula is C38H38ClN. The molecule has 4 saturated carbocycles. The van der Waals surface area contributed by atoms with Gasteiger partial charge < -0.3 is 4.90 Å². The highest BCUT2D eigenvalue weighted by atomic mass is 35.5. The van der Waals surface area contributed by atoms with E-state index in [4.69, 9.17) is 11.6 Å². The lowest BCUT2D eigenvalue weighted by Crippen LogP contribution is -2.55. The molecule has 5 aliphatic rings. The highest BCUT2D eigenvalue weighted by Crippen LogP contribution is 2.70. The van der Waals surface area contributed by atoms with E-state index in [1.807, 2.05) is 0 Å². The van der Waals surface area contributed by atoms with E-state index in [9.17, 15) is 0 Å². The van der Waals surface area contributed by atoms with Gasteiger partial charge in [0.05, 0.1) is 5.02 Å². The molecule has 1 nitrogen and oxygen atoms in total. The molecule has 0 radical (unpaired) electrons. The van der Waals surface area contributed by atoms with Crippen molar-refractivity contribution in [1.29, 1.82) is 0 Å². The van der Waals surface area contributed by atoms with Crippen molar-refractivity contribution in [1.82, 2.24) is 0 Å². The first-order valence-corrected chi connectivity index (χ1v) is 15.6. The maximum absolute atomic E-state index is 7.38. The average molecular weight is 544 g/mol. The summed E-state index contributed by atoms with van der Waals surface area (Å²) in [4.78, 5) is 2.41. The summed E-state index contributed by atoms with van der Waals surface area (Å²) in [5.41, 5.74) is 10.8. The second-order valence-corrected chi connectivity index (χ2v) is 14.4. The van der Waals surface area contributed by atoms with E-state index in [1.54, 1.807) is 5.56 Å². The van der Waals surface area contributed by atoms with Crippen LogP contribution in [0.4, 0.5) is 17.1 Å². The lowest BCUT2D eigenvalue weighted by Gasteiger charge is -2.61. The number of rotatable bonds is 3. The van der Waals surface area contributed by atoms with E-state index >= 15 is 0 Å².